The average molecular weight is 356 g/mol. The van der Waals surface area contributed by atoms with E-state index in [0.717, 1.165) is 24.2 Å². The van der Waals surface area contributed by atoms with Gasteiger partial charge >= 0.3 is 6.18 Å². The molecule has 1 aliphatic rings. The Morgan fingerprint density at radius 2 is 2.04 bits per heavy atom. The Morgan fingerprint density at radius 1 is 1.24 bits per heavy atom. The molecule has 0 unspecified atom stereocenters. The van der Waals surface area contributed by atoms with Gasteiger partial charge in [-0.3, -0.25) is 0 Å². The van der Waals surface area contributed by atoms with Crippen molar-refractivity contribution in [2.45, 2.75) is 25.1 Å². The van der Waals surface area contributed by atoms with Crippen LogP contribution < -0.4 is 11.1 Å². The normalized spacial score (nSPS) is 17.7. The Labute approximate surface area is 141 Å². The third kappa shape index (κ3) is 4.16. The fraction of sp³-hybridized carbons (Fsp3) is 0.375. The molecule has 9 heteroatoms. The minimum atomic E-state index is -4.58. The number of halogens is 4. The van der Waals surface area contributed by atoms with Gasteiger partial charge in [-0.1, -0.05) is 6.07 Å². The van der Waals surface area contributed by atoms with Gasteiger partial charge in [0.05, 0.1) is 17.9 Å². The van der Waals surface area contributed by atoms with E-state index in [1.807, 2.05) is 0 Å². The summed E-state index contributed by atoms with van der Waals surface area (Å²) >= 11 is 0. The smallest absolute Gasteiger partial charge is 0.381 e. The van der Waals surface area contributed by atoms with Crippen LogP contribution in [0.5, 0.6) is 0 Å². The van der Waals surface area contributed by atoms with E-state index >= 15 is 0 Å². The number of nitrogens with zero attached hydrogens (tertiary/aromatic N) is 2. The molecule has 25 heavy (non-hydrogen) atoms. The van der Waals surface area contributed by atoms with E-state index in [-0.39, 0.29) is 24.0 Å². The topological polar surface area (TPSA) is 73.1 Å². The minimum Gasteiger partial charge on any atom is -0.381 e. The van der Waals surface area contributed by atoms with Gasteiger partial charge in [0.25, 0.3) is 0 Å². The Balaban J connectivity index is 1.73. The molecule has 2 aromatic rings. The lowest BCUT2D eigenvalue weighted by Gasteiger charge is -2.12. The molecule has 3 rings (SSSR count). The first-order valence-corrected chi connectivity index (χ1v) is 7.64. The molecule has 1 fully saturated rings. The van der Waals surface area contributed by atoms with Crippen LogP contribution in [0.2, 0.25) is 0 Å². The summed E-state index contributed by atoms with van der Waals surface area (Å²) in [6, 6.07) is 4.11. The van der Waals surface area contributed by atoms with E-state index in [9.17, 15) is 17.6 Å². The SMILES string of the molecule is Nc1nc(NCc2ccc(C(F)(F)F)cc2F)cc([C@H]2CCOC2)n1. The van der Waals surface area contributed by atoms with Gasteiger partial charge in [0, 0.05) is 30.7 Å². The number of rotatable bonds is 4. The highest BCUT2D eigenvalue weighted by molar-refractivity contribution is 5.42. The van der Waals surface area contributed by atoms with Gasteiger partial charge in [0.1, 0.15) is 11.6 Å². The molecule has 0 amide bonds. The van der Waals surface area contributed by atoms with Crippen LogP contribution >= 0.6 is 0 Å². The van der Waals surface area contributed by atoms with Crippen LogP contribution in [0.25, 0.3) is 0 Å². The lowest BCUT2D eigenvalue weighted by atomic mass is 10.0. The molecule has 1 saturated heterocycles. The molecule has 134 valence electrons. The monoisotopic (exact) mass is 356 g/mol. The molecule has 1 atom stereocenters. The van der Waals surface area contributed by atoms with Crippen LogP contribution in [0.15, 0.2) is 24.3 Å². The third-order valence-electron chi connectivity index (χ3n) is 3.95. The first-order chi connectivity index (χ1) is 11.8. The number of ether oxygens (including phenoxy) is 1. The van der Waals surface area contributed by atoms with Crippen LogP contribution in [0.1, 0.15) is 29.2 Å². The molecule has 0 radical (unpaired) electrons. The number of nitrogens with one attached hydrogen (secondary N) is 1. The average Bonchev–Trinajstić information content (AvgIpc) is 3.06. The second kappa shape index (κ2) is 6.83. The predicted molar refractivity (Wildman–Crippen MR) is 83.4 cm³/mol. The number of alkyl halides is 3. The summed E-state index contributed by atoms with van der Waals surface area (Å²) in [5.41, 5.74) is 5.48. The number of benzene rings is 1. The Bertz CT molecular complexity index is 760. The zero-order valence-electron chi connectivity index (χ0n) is 13.1. The molecular weight excluding hydrogens is 340 g/mol. The summed E-state index contributed by atoms with van der Waals surface area (Å²) in [7, 11) is 0. The molecule has 1 aromatic carbocycles. The molecule has 0 aliphatic carbocycles. The van der Waals surface area contributed by atoms with Crippen LogP contribution in [0.3, 0.4) is 0 Å². The molecular formula is C16H16F4N4O. The van der Waals surface area contributed by atoms with Gasteiger partial charge in [-0.25, -0.2) is 9.37 Å². The van der Waals surface area contributed by atoms with E-state index in [2.05, 4.69) is 15.3 Å². The number of aromatic nitrogens is 2. The molecule has 3 N–H and O–H groups in total. The molecule has 1 aliphatic heterocycles. The molecule has 5 nitrogen and oxygen atoms in total. The maximum absolute atomic E-state index is 13.9. The summed E-state index contributed by atoms with van der Waals surface area (Å²) in [5, 5.41) is 2.87. The lowest BCUT2D eigenvalue weighted by Crippen LogP contribution is -2.11. The van der Waals surface area contributed by atoms with Crippen molar-refractivity contribution in [3.8, 4) is 0 Å². The summed E-state index contributed by atoms with van der Waals surface area (Å²) in [6.45, 7) is 1.17. The second-order valence-electron chi connectivity index (χ2n) is 5.75. The maximum Gasteiger partial charge on any atom is 0.416 e. The van der Waals surface area contributed by atoms with E-state index in [0.29, 0.717) is 25.1 Å². The van der Waals surface area contributed by atoms with Gasteiger partial charge in [0.15, 0.2) is 0 Å². The third-order valence-corrected chi connectivity index (χ3v) is 3.95. The first kappa shape index (κ1) is 17.4. The predicted octanol–water partition coefficient (Wildman–Crippen LogP) is 3.33. The zero-order chi connectivity index (χ0) is 18.0. The van der Waals surface area contributed by atoms with Crippen molar-refractivity contribution in [3.63, 3.8) is 0 Å². The summed E-state index contributed by atoms with van der Waals surface area (Å²) in [4.78, 5) is 8.19. The van der Waals surface area contributed by atoms with Crippen LogP contribution in [0.4, 0.5) is 29.3 Å². The minimum absolute atomic E-state index is 0.0268. The summed E-state index contributed by atoms with van der Waals surface area (Å²) < 4.78 is 56.9. The van der Waals surface area contributed by atoms with Crippen LogP contribution in [0, 0.1) is 5.82 Å². The summed E-state index contributed by atoms with van der Waals surface area (Å²) in [5.74, 6) is -0.365. The standard InChI is InChI=1S/C16H16F4N4O/c17-12-5-11(16(18,19)20)2-1-9(12)7-22-14-6-13(23-15(21)24-14)10-3-4-25-8-10/h1-2,5-6,10H,3-4,7-8H2,(H3,21,22,23,24)/t10-/m0/s1. The van der Waals surface area contributed by atoms with Gasteiger partial charge in [-0.05, 0) is 18.6 Å². The molecule has 0 spiro atoms. The van der Waals surface area contributed by atoms with Crippen molar-refractivity contribution in [1.82, 2.24) is 9.97 Å². The van der Waals surface area contributed by atoms with Crippen molar-refractivity contribution in [3.05, 3.63) is 46.9 Å². The molecule has 2 heterocycles. The Morgan fingerprint density at radius 3 is 2.68 bits per heavy atom. The number of hydrogen-bond acceptors (Lipinski definition) is 5. The van der Waals surface area contributed by atoms with Gasteiger partial charge in [0.2, 0.25) is 5.95 Å². The highest BCUT2D eigenvalue weighted by atomic mass is 19.4. The fourth-order valence-corrected chi connectivity index (χ4v) is 2.61. The summed E-state index contributed by atoms with van der Waals surface area (Å²) in [6.07, 6.45) is -3.75. The second-order valence-corrected chi connectivity index (χ2v) is 5.75. The number of nitrogen functional groups attached to an aromatic ring is 1. The maximum atomic E-state index is 13.9. The number of nitrogens with two attached hydrogens (primary N) is 1. The number of hydrogen-bond donors (Lipinski definition) is 2. The van der Waals surface area contributed by atoms with Crippen molar-refractivity contribution in [2.24, 2.45) is 0 Å². The van der Waals surface area contributed by atoms with Crippen molar-refractivity contribution >= 4 is 11.8 Å². The first-order valence-electron chi connectivity index (χ1n) is 7.64. The quantitative estimate of drug-likeness (QED) is 0.822. The van der Waals surface area contributed by atoms with Crippen molar-refractivity contribution < 1.29 is 22.3 Å². The van der Waals surface area contributed by atoms with Crippen LogP contribution in [-0.2, 0) is 17.5 Å². The van der Waals surface area contributed by atoms with Gasteiger partial charge in [-0.2, -0.15) is 18.2 Å². The fourth-order valence-electron chi connectivity index (χ4n) is 2.61. The van der Waals surface area contributed by atoms with Crippen molar-refractivity contribution in [2.75, 3.05) is 24.3 Å². The van der Waals surface area contributed by atoms with E-state index in [1.165, 1.54) is 0 Å². The van der Waals surface area contributed by atoms with E-state index < -0.39 is 17.6 Å². The van der Waals surface area contributed by atoms with Crippen LogP contribution in [-0.4, -0.2) is 23.2 Å². The Hall–Kier alpha value is -2.42. The zero-order valence-corrected chi connectivity index (χ0v) is 13.1. The lowest BCUT2D eigenvalue weighted by molar-refractivity contribution is -0.137. The van der Waals surface area contributed by atoms with Crippen molar-refractivity contribution in [1.29, 1.82) is 0 Å². The van der Waals surface area contributed by atoms with E-state index in [4.69, 9.17) is 10.5 Å². The van der Waals surface area contributed by atoms with E-state index in [1.54, 1.807) is 6.07 Å². The molecule has 1 aromatic heterocycles. The largest absolute Gasteiger partial charge is 0.416 e. The Kier molecular flexibility index (Phi) is 4.76. The molecule has 0 saturated carbocycles. The number of anilines is 2. The highest BCUT2D eigenvalue weighted by Crippen LogP contribution is 2.30. The molecule has 0 bridgehead atoms. The highest BCUT2D eigenvalue weighted by Gasteiger charge is 2.31. The van der Waals surface area contributed by atoms with Gasteiger partial charge < -0.3 is 15.8 Å². The van der Waals surface area contributed by atoms with Gasteiger partial charge in [-0.15, -0.1) is 0 Å².